The predicted octanol–water partition coefficient (Wildman–Crippen LogP) is 4.01. The highest BCUT2D eigenvalue weighted by atomic mass is 32.1. The van der Waals surface area contributed by atoms with Crippen molar-refractivity contribution in [3.63, 3.8) is 0 Å². The number of nitrogens with two attached hydrogens (primary N) is 1. The Labute approximate surface area is 122 Å². The van der Waals surface area contributed by atoms with Gasteiger partial charge < -0.3 is 5.73 Å². The van der Waals surface area contributed by atoms with Gasteiger partial charge in [0.05, 0.1) is 0 Å². The van der Waals surface area contributed by atoms with Gasteiger partial charge in [-0.1, -0.05) is 26.2 Å². The molecule has 1 heterocycles. The quantitative estimate of drug-likeness (QED) is 0.693. The van der Waals surface area contributed by atoms with Crippen LogP contribution in [0.2, 0.25) is 0 Å². The van der Waals surface area contributed by atoms with Crippen LogP contribution in [-0.2, 0) is 6.54 Å². The molecule has 0 radical (unpaired) electrons. The van der Waals surface area contributed by atoms with Crippen molar-refractivity contribution in [1.82, 2.24) is 4.90 Å². The summed E-state index contributed by atoms with van der Waals surface area (Å²) in [5, 5.41) is 4.45. The normalized spacial score (nSPS) is 18.7. The minimum absolute atomic E-state index is 0.179. The van der Waals surface area contributed by atoms with Crippen molar-refractivity contribution in [1.29, 1.82) is 0 Å². The minimum Gasteiger partial charge on any atom is -0.329 e. The number of thiophene rings is 1. The van der Waals surface area contributed by atoms with Crippen LogP contribution in [0.5, 0.6) is 0 Å². The molecule has 2 nitrogen and oxygen atoms in total. The largest absolute Gasteiger partial charge is 0.329 e. The standard InChI is InChI=1S/C16H28N2S/c1-3-4-5-9-16(2,13-17)18(15-6-7-15)11-14-8-10-19-12-14/h8,10,12,15H,3-7,9,11,13,17H2,1-2H3. The molecule has 19 heavy (non-hydrogen) atoms. The van der Waals surface area contributed by atoms with E-state index in [2.05, 4.69) is 35.6 Å². The smallest absolute Gasteiger partial charge is 0.0310 e. The van der Waals surface area contributed by atoms with Gasteiger partial charge >= 0.3 is 0 Å². The van der Waals surface area contributed by atoms with Gasteiger partial charge in [-0.3, -0.25) is 4.90 Å². The van der Waals surface area contributed by atoms with Crippen LogP contribution in [0.25, 0.3) is 0 Å². The Hall–Kier alpha value is -0.380. The van der Waals surface area contributed by atoms with E-state index < -0.39 is 0 Å². The third-order valence-corrected chi connectivity index (χ3v) is 5.10. The molecule has 2 N–H and O–H groups in total. The average Bonchev–Trinajstić information content (AvgIpc) is 3.12. The first-order valence-corrected chi connectivity index (χ1v) is 8.62. The van der Waals surface area contributed by atoms with Crippen molar-refractivity contribution < 1.29 is 0 Å². The lowest BCUT2D eigenvalue weighted by Gasteiger charge is -2.41. The second kappa shape index (κ2) is 6.87. The summed E-state index contributed by atoms with van der Waals surface area (Å²) in [6.45, 7) is 6.49. The fraction of sp³-hybridized carbons (Fsp3) is 0.750. The molecule has 1 aromatic rings. The molecular formula is C16H28N2S. The summed E-state index contributed by atoms with van der Waals surface area (Å²) >= 11 is 1.80. The highest BCUT2D eigenvalue weighted by Crippen LogP contribution is 2.36. The summed E-state index contributed by atoms with van der Waals surface area (Å²) < 4.78 is 0. The Morgan fingerprint density at radius 3 is 2.74 bits per heavy atom. The topological polar surface area (TPSA) is 29.3 Å². The molecule has 1 aromatic heterocycles. The summed E-state index contributed by atoms with van der Waals surface area (Å²) in [6, 6.07) is 3.03. The van der Waals surface area contributed by atoms with E-state index in [0.717, 1.165) is 19.1 Å². The van der Waals surface area contributed by atoms with E-state index >= 15 is 0 Å². The zero-order valence-electron chi connectivity index (χ0n) is 12.4. The van der Waals surface area contributed by atoms with Gasteiger partial charge in [0.25, 0.3) is 0 Å². The fourth-order valence-corrected chi connectivity index (χ4v) is 3.50. The lowest BCUT2D eigenvalue weighted by Crippen LogP contribution is -2.52. The van der Waals surface area contributed by atoms with E-state index in [-0.39, 0.29) is 5.54 Å². The van der Waals surface area contributed by atoms with Gasteiger partial charge in [0.15, 0.2) is 0 Å². The molecule has 0 aliphatic heterocycles. The molecule has 1 fully saturated rings. The molecule has 2 rings (SSSR count). The molecule has 3 heteroatoms. The van der Waals surface area contributed by atoms with Gasteiger partial charge in [-0.25, -0.2) is 0 Å². The molecule has 1 saturated carbocycles. The van der Waals surface area contributed by atoms with Crippen molar-refractivity contribution >= 4 is 11.3 Å². The maximum atomic E-state index is 6.15. The van der Waals surface area contributed by atoms with Gasteiger partial charge in [-0.2, -0.15) is 11.3 Å². The van der Waals surface area contributed by atoms with Gasteiger partial charge in [-0.15, -0.1) is 0 Å². The molecule has 1 aliphatic carbocycles. The van der Waals surface area contributed by atoms with Crippen LogP contribution >= 0.6 is 11.3 Å². The van der Waals surface area contributed by atoms with Crippen molar-refractivity contribution in [2.45, 2.75) is 70.5 Å². The Balaban J connectivity index is 2.02. The summed E-state index contributed by atoms with van der Waals surface area (Å²) in [7, 11) is 0. The molecule has 1 unspecified atom stereocenters. The molecule has 1 atom stereocenters. The van der Waals surface area contributed by atoms with E-state index in [1.54, 1.807) is 11.3 Å². The fourth-order valence-electron chi connectivity index (χ4n) is 2.85. The summed E-state index contributed by atoms with van der Waals surface area (Å²) in [5.41, 5.74) is 7.78. The van der Waals surface area contributed by atoms with E-state index in [0.29, 0.717) is 0 Å². The van der Waals surface area contributed by atoms with Crippen LogP contribution < -0.4 is 5.73 Å². The van der Waals surface area contributed by atoms with Gasteiger partial charge in [-0.05, 0) is 48.6 Å². The maximum Gasteiger partial charge on any atom is 0.0310 e. The molecular weight excluding hydrogens is 252 g/mol. The van der Waals surface area contributed by atoms with Crippen LogP contribution in [0.1, 0.15) is 57.9 Å². The molecule has 0 saturated heterocycles. The predicted molar refractivity (Wildman–Crippen MR) is 84.5 cm³/mol. The number of hydrogen-bond acceptors (Lipinski definition) is 3. The molecule has 1 aliphatic rings. The summed E-state index contributed by atoms with van der Waals surface area (Å²) in [6.07, 6.45) is 7.86. The Morgan fingerprint density at radius 2 is 2.21 bits per heavy atom. The van der Waals surface area contributed by atoms with Crippen LogP contribution in [0, 0.1) is 0 Å². The van der Waals surface area contributed by atoms with Gasteiger partial charge in [0, 0.05) is 24.7 Å². The Morgan fingerprint density at radius 1 is 1.42 bits per heavy atom. The number of unbranched alkanes of at least 4 members (excludes halogenated alkanes) is 2. The lowest BCUT2D eigenvalue weighted by atomic mass is 9.91. The second-order valence-corrected chi connectivity index (χ2v) is 6.93. The number of rotatable bonds is 9. The second-order valence-electron chi connectivity index (χ2n) is 6.15. The van der Waals surface area contributed by atoms with Gasteiger partial charge in [0.1, 0.15) is 0 Å². The van der Waals surface area contributed by atoms with Crippen LogP contribution in [0.4, 0.5) is 0 Å². The molecule has 0 aromatic carbocycles. The zero-order valence-corrected chi connectivity index (χ0v) is 13.2. The SMILES string of the molecule is CCCCCC(C)(CN)N(Cc1ccsc1)C1CC1. The van der Waals surface area contributed by atoms with E-state index in [4.69, 9.17) is 5.73 Å². The summed E-state index contributed by atoms with van der Waals surface area (Å²) in [4.78, 5) is 2.69. The first-order valence-electron chi connectivity index (χ1n) is 7.67. The van der Waals surface area contributed by atoms with Crippen LogP contribution in [0.15, 0.2) is 16.8 Å². The number of hydrogen-bond donors (Lipinski definition) is 1. The van der Waals surface area contributed by atoms with E-state index in [1.807, 2.05) is 0 Å². The Kier molecular flexibility index (Phi) is 5.43. The first kappa shape index (κ1) is 15.0. The van der Waals surface area contributed by atoms with Crippen LogP contribution in [0.3, 0.4) is 0 Å². The van der Waals surface area contributed by atoms with Crippen molar-refractivity contribution in [3.05, 3.63) is 22.4 Å². The monoisotopic (exact) mass is 280 g/mol. The number of nitrogens with zero attached hydrogens (tertiary/aromatic N) is 1. The van der Waals surface area contributed by atoms with E-state index in [1.165, 1.54) is 44.1 Å². The van der Waals surface area contributed by atoms with Gasteiger partial charge in [0.2, 0.25) is 0 Å². The zero-order chi connectivity index (χ0) is 13.7. The average molecular weight is 280 g/mol. The highest BCUT2D eigenvalue weighted by Gasteiger charge is 2.39. The highest BCUT2D eigenvalue weighted by molar-refractivity contribution is 7.07. The molecule has 0 bridgehead atoms. The Bertz CT molecular complexity index is 359. The van der Waals surface area contributed by atoms with Crippen molar-refractivity contribution in [3.8, 4) is 0 Å². The maximum absolute atomic E-state index is 6.15. The molecule has 0 amide bonds. The third-order valence-electron chi connectivity index (χ3n) is 4.37. The van der Waals surface area contributed by atoms with Crippen molar-refractivity contribution in [2.24, 2.45) is 5.73 Å². The van der Waals surface area contributed by atoms with E-state index in [9.17, 15) is 0 Å². The third kappa shape index (κ3) is 4.04. The van der Waals surface area contributed by atoms with Crippen molar-refractivity contribution in [2.75, 3.05) is 6.54 Å². The molecule has 0 spiro atoms. The minimum atomic E-state index is 0.179. The molecule has 108 valence electrons. The summed E-state index contributed by atoms with van der Waals surface area (Å²) in [5.74, 6) is 0. The lowest BCUT2D eigenvalue weighted by molar-refractivity contribution is 0.0811. The first-order chi connectivity index (χ1) is 9.19. The van der Waals surface area contributed by atoms with Crippen LogP contribution in [-0.4, -0.2) is 23.0 Å².